The second-order valence-corrected chi connectivity index (χ2v) is 3.29. The topological polar surface area (TPSA) is 147 Å². The Labute approximate surface area is 80.2 Å². The van der Waals surface area contributed by atoms with Crippen LogP contribution in [0.4, 0.5) is 4.20 Å². The number of nitrogens with two attached hydrogens (primary N) is 2. The van der Waals surface area contributed by atoms with E-state index >= 15 is 0 Å². The third kappa shape index (κ3) is 22.5. The van der Waals surface area contributed by atoms with Crippen molar-refractivity contribution < 1.29 is 28.4 Å². The average molecular weight is 232 g/mol. The summed E-state index contributed by atoms with van der Waals surface area (Å²) >= 11 is 0. The molecular weight excluding hydrogens is 218 g/mol. The van der Waals surface area contributed by atoms with E-state index in [0.29, 0.717) is 19.4 Å². The molecule has 0 saturated heterocycles. The van der Waals surface area contributed by atoms with Crippen LogP contribution in [0.3, 0.4) is 0 Å². The van der Waals surface area contributed by atoms with Gasteiger partial charge in [0.25, 0.3) is 0 Å². The van der Waals surface area contributed by atoms with Gasteiger partial charge in [-0.05, 0) is 19.4 Å². The zero-order valence-corrected chi connectivity index (χ0v) is 8.23. The molecule has 0 aliphatic carbocycles. The van der Waals surface area contributed by atoms with Gasteiger partial charge in [0.15, 0.2) is 0 Å². The molecule has 0 aromatic rings. The number of rotatable bonds is 4. The van der Waals surface area contributed by atoms with Crippen molar-refractivity contribution in [2.24, 2.45) is 11.5 Å². The highest BCUT2D eigenvalue weighted by Crippen LogP contribution is 2.34. The second kappa shape index (κ2) is 7.84. The molecule has 0 unspecified atom stereocenters. The van der Waals surface area contributed by atoms with Crippen LogP contribution >= 0.6 is 7.91 Å². The van der Waals surface area contributed by atoms with Gasteiger partial charge in [0.05, 0.1) is 0 Å². The van der Waals surface area contributed by atoms with Crippen LogP contribution in [0, 0.1) is 0 Å². The zero-order chi connectivity index (χ0) is 11.8. The molecule has 7 N–H and O–H groups in total. The summed E-state index contributed by atoms with van der Waals surface area (Å²) in [6.45, 7) is 0.501. The number of carbonyl (C=O) groups is 1. The molecule has 0 aliphatic heterocycles. The van der Waals surface area contributed by atoms with Gasteiger partial charge in [-0.2, -0.15) is 0 Å². The summed E-state index contributed by atoms with van der Waals surface area (Å²) in [5, 5.41) is 8.24. The average Bonchev–Trinajstić information content (AvgIpc) is 1.96. The Kier molecular flexibility index (Phi) is 8.91. The molecule has 0 spiro atoms. The lowest BCUT2D eigenvalue weighted by molar-refractivity contribution is -0.138. The fourth-order valence-electron chi connectivity index (χ4n) is 0.461. The number of hydrogen-bond acceptors (Lipinski definition) is 4. The lowest BCUT2D eigenvalue weighted by Gasteiger charge is -2.02. The molecule has 0 aromatic carbocycles. The van der Waals surface area contributed by atoms with E-state index in [2.05, 4.69) is 0 Å². The molecule has 0 amide bonds. The molecule has 0 aromatic heterocycles. The van der Waals surface area contributed by atoms with Gasteiger partial charge >= 0.3 is 13.9 Å². The Morgan fingerprint density at radius 2 is 1.86 bits per heavy atom. The highest BCUT2D eigenvalue weighted by atomic mass is 31.2. The number of hydrogen-bond donors (Lipinski definition) is 5. The maximum absolute atomic E-state index is 10.4. The van der Waals surface area contributed by atoms with Crippen molar-refractivity contribution in [1.82, 2.24) is 0 Å². The minimum atomic E-state index is -5.14. The quantitative estimate of drug-likeness (QED) is 0.398. The second-order valence-electron chi connectivity index (χ2n) is 2.35. The standard InChI is InChI=1S/C5H12N2O2.FH2O3P/c6-3-1-2-4(7)5(8)9;1-5(2,3)4/h4H,1-3,6-7H2,(H,8,9);(H2,2,3,4)/t4-;/m0./s1. The van der Waals surface area contributed by atoms with Gasteiger partial charge in [-0.1, -0.05) is 0 Å². The maximum Gasteiger partial charge on any atom is 0.507 e. The van der Waals surface area contributed by atoms with E-state index in [4.69, 9.17) is 30.9 Å². The van der Waals surface area contributed by atoms with Crippen LogP contribution in [0.5, 0.6) is 0 Å². The molecule has 0 radical (unpaired) electrons. The van der Waals surface area contributed by atoms with Crippen molar-refractivity contribution in [3.05, 3.63) is 0 Å². The first-order valence-corrected chi connectivity index (χ1v) is 5.12. The van der Waals surface area contributed by atoms with Crippen LogP contribution in [-0.4, -0.2) is 33.4 Å². The van der Waals surface area contributed by atoms with E-state index in [-0.39, 0.29) is 0 Å². The van der Waals surface area contributed by atoms with Crippen molar-refractivity contribution >= 4 is 13.9 Å². The molecule has 0 heterocycles. The van der Waals surface area contributed by atoms with Crippen molar-refractivity contribution in [3.8, 4) is 0 Å². The first-order chi connectivity index (χ1) is 6.18. The first-order valence-electron chi connectivity index (χ1n) is 3.62. The summed E-state index contributed by atoms with van der Waals surface area (Å²) in [5.74, 6) is -0.955. The number of carboxylic acids is 1. The van der Waals surface area contributed by atoms with Crippen molar-refractivity contribution in [2.45, 2.75) is 18.9 Å². The van der Waals surface area contributed by atoms with E-state index < -0.39 is 19.9 Å². The van der Waals surface area contributed by atoms with Crippen LogP contribution < -0.4 is 11.5 Å². The normalized spacial score (nSPS) is 12.6. The largest absolute Gasteiger partial charge is 0.507 e. The Balaban J connectivity index is 0. The molecular formula is C5H14FN2O5P. The number of carboxylic acid groups (broad SMARTS) is 1. The SMILES string of the molecule is NCCC[C@H](N)C(=O)O.O=P(O)(O)F. The lowest BCUT2D eigenvalue weighted by Crippen LogP contribution is -2.30. The van der Waals surface area contributed by atoms with Gasteiger partial charge in [0.2, 0.25) is 0 Å². The highest BCUT2D eigenvalue weighted by molar-refractivity contribution is 7.45. The monoisotopic (exact) mass is 232 g/mol. The third-order valence-electron chi connectivity index (χ3n) is 1.04. The minimum absolute atomic E-state index is 0.464. The Bertz CT molecular complexity index is 200. The van der Waals surface area contributed by atoms with Crippen LogP contribution in [0.25, 0.3) is 0 Å². The molecule has 1 atom stereocenters. The van der Waals surface area contributed by atoms with Crippen molar-refractivity contribution in [2.75, 3.05) is 6.54 Å². The van der Waals surface area contributed by atoms with Crippen LogP contribution in [0.1, 0.15) is 12.8 Å². The fraction of sp³-hybridized carbons (Fsp3) is 0.800. The fourth-order valence-corrected chi connectivity index (χ4v) is 0.461. The van der Waals surface area contributed by atoms with Gasteiger partial charge in [-0.3, -0.25) is 14.6 Å². The molecule has 0 bridgehead atoms. The number of aliphatic carboxylic acids is 1. The summed E-state index contributed by atoms with van der Waals surface area (Å²) < 4.78 is 19.0. The molecule has 0 rings (SSSR count). The lowest BCUT2D eigenvalue weighted by atomic mass is 10.2. The predicted octanol–water partition coefficient (Wildman–Crippen LogP) is -0.814. The van der Waals surface area contributed by atoms with Gasteiger partial charge in [-0.15, -0.1) is 4.20 Å². The number of halogens is 1. The Hall–Kier alpha value is -0.530. The van der Waals surface area contributed by atoms with E-state index in [9.17, 15) is 8.99 Å². The van der Waals surface area contributed by atoms with Crippen LogP contribution in [0.15, 0.2) is 0 Å². The predicted molar refractivity (Wildman–Crippen MR) is 47.1 cm³/mol. The Morgan fingerprint density at radius 1 is 1.50 bits per heavy atom. The third-order valence-corrected chi connectivity index (χ3v) is 1.04. The van der Waals surface area contributed by atoms with Gasteiger partial charge in [0, 0.05) is 0 Å². The minimum Gasteiger partial charge on any atom is -0.480 e. The van der Waals surface area contributed by atoms with E-state index in [1.807, 2.05) is 0 Å². The van der Waals surface area contributed by atoms with Gasteiger partial charge < -0.3 is 16.6 Å². The molecule has 9 heteroatoms. The summed E-state index contributed by atoms with van der Waals surface area (Å²) in [7, 11) is -5.14. The van der Waals surface area contributed by atoms with Crippen molar-refractivity contribution in [1.29, 1.82) is 0 Å². The van der Waals surface area contributed by atoms with Crippen LogP contribution in [0.2, 0.25) is 0 Å². The van der Waals surface area contributed by atoms with E-state index in [1.165, 1.54) is 0 Å². The molecule has 0 saturated carbocycles. The summed E-state index contributed by atoms with van der Waals surface area (Å²) in [6, 6.07) is -0.742. The molecule has 0 aliphatic rings. The maximum atomic E-state index is 10.4. The Morgan fingerprint density at radius 3 is 2.07 bits per heavy atom. The van der Waals surface area contributed by atoms with E-state index in [0.717, 1.165) is 0 Å². The highest BCUT2D eigenvalue weighted by Gasteiger charge is 2.08. The molecule has 86 valence electrons. The smallest absolute Gasteiger partial charge is 0.480 e. The van der Waals surface area contributed by atoms with Gasteiger partial charge in [0.1, 0.15) is 6.04 Å². The van der Waals surface area contributed by atoms with Crippen LogP contribution in [-0.2, 0) is 9.36 Å². The van der Waals surface area contributed by atoms with E-state index in [1.54, 1.807) is 0 Å². The summed E-state index contributed by atoms with van der Waals surface area (Å²) in [5.41, 5.74) is 10.3. The molecule has 14 heavy (non-hydrogen) atoms. The first kappa shape index (κ1) is 15.9. The van der Waals surface area contributed by atoms with Crippen molar-refractivity contribution in [3.63, 3.8) is 0 Å². The molecule has 0 fully saturated rings. The van der Waals surface area contributed by atoms with Gasteiger partial charge in [-0.25, -0.2) is 4.57 Å². The zero-order valence-electron chi connectivity index (χ0n) is 7.34. The summed E-state index contributed by atoms with van der Waals surface area (Å²) in [4.78, 5) is 24.0. The summed E-state index contributed by atoms with van der Waals surface area (Å²) in [6.07, 6.45) is 1.14. The molecule has 7 nitrogen and oxygen atoms in total.